The summed E-state index contributed by atoms with van der Waals surface area (Å²) in [6.45, 7) is 14.9. The van der Waals surface area contributed by atoms with Crippen molar-refractivity contribution in [1.82, 2.24) is 0 Å². The molecule has 6 atom stereocenters. The van der Waals surface area contributed by atoms with Crippen LogP contribution in [0, 0.1) is 22.7 Å². The fraction of sp³-hybridized carbons (Fsp3) is 0.800. The Morgan fingerprint density at radius 3 is 2.68 bits per heavy atom. The molecule has 0 unspecified atom stereocenters. The lowest BCUT2D eigenvalue weighted by Gasteiger charge is -2.59. The van der Waals surface area contributed by atoms with Gasteiger partial charge in [-0.2, -0.15) is 0 Å². The van der Waals surface area contributed by atoms with Gasteiger partial charge in [0.25, 0.3) is 0 Å². The van der Waals surface area contributed by atoms with Gasteiger partial charge in [-0.05, 0) is 68.6 Å². The summed E-state index contributed by atoms with van der Waals surface area (Å²) in [4.78, 5) is 0. The van der Waals surface area contributed by atoms with Crippen molar-refractivity contribution in [1.29, 1.82) is 0 Å². The van der Waals surface area contributed by atoms with Crippen molar-refractivity contribution in [2.24, 2.45) is 22.7 Å². The first kappa shape index (κ1) is 17.7. The molecule has 0 heterocycles. The van der Waals surface area contributed by atoms with E-state index < -0.39 is 5.60 Å². The molecule has 2 aliphatic carbocycles. The van der Waals surface area contributed by atoms with Gasteiger partial charge in [-0.15, -0.1) is 6.58 Å². The van der Waals surface area contributed by atoms with E-state index in [1.807, 2.05) is 6.92 Å². The first-order valence-electron chi connectivity index (χ1n) is 8.78. The molecule has 2 rings (SSSR count). The van der Waals surface area contributed by atoms with E-state index >= 15 is 0 Å². The van der Waals surface area contributed by atoms with Crippen molar-refractivity contribution in [3.05, 3.63) is 24.3 Å². The molecular formula is C20H34O2. The highest BCUT2D eigenvalue weighted by molar-refractivity contribution is 5.23. The van der Waals surface area contributed by atoms with E-state index in [-0.39, 0.29) is 16.9 Å². The van der Waals surface area contributed by atoms with Gasteiger partial charge in [-0.25, -0.2) is 0 Å². The van der Waals surface area contributed by atoms with Crippen molar-refractivity contribution in [2.75, 3.05) is 0 Å². The molecule has 0 saturated heterocycles. The zero-order valence-electron chi connectivity index (χ0n) is 15.0. The van der Waals surface area contributed by atoms with Crippen LogP contribution in [0.1, 0.15) is 66.7 Å². The molecule has 0 aliphatic heterocycles. The largest absolute Gasteiger partial charge is 0.389 e. The van der Waals surface area contributed by atoms with Crippen LogP contribution >= 0.6 is 0 Å². The highest BCUT2D eigenvalue weighted by Gasteiger charge is 2.54. The topological polar surface area (TPSA) is 40.5 Å². The first-order valence-corrected chi connectivity index (χ1v) is 8.78. The third-order valence-corrected chi connectivity index (χ3v) is 7.22. The molecule has 126 valence electrons. The van der Waals surface area contributed by atoms with Crippen LogP contribution in [0.2, 0.25) is 0 Å². The van der Waals surface area contributed by atoms with Crippen LogP contribution in [0.4, 0.5) is 0 Å². The standard InChI is InChI=1S/C20H34O2/c1-7-18(4,22)10-11-20(6)14(2)8-9-19(5)15(3)12-16(21)13-17(19)20/h7,12,14,16-17,21-22H,1,8-11,13H2,2-6H3/t14-,16-,17-,18-,19-,20-/m1/s1. The van der Waals surface area contributed by atoms with Crippen LogP contribution in [0.25, 0.3) is 0 Å². The van der Waals surface area contributed by atoms with E-state index in [2.05, 4.69) is 40.3 Å². The summed E-state index contributed by atoms with van der Waals surface area (Å²) in [5.41, 5.74) is 0.899. The molecule has 0 bridgehead atoms. The first-order chi connectivity index (χ1) is 10.0. The Balaban J connectivity index is 2.32. The fourth-order valence-corrected chi connectivity index (χ4v) is 4.93. The van der Waals surface area contributed by atoms with E-state index in [4.69, 9.17) is 0 Å². The van der Waals surface area contributed by atoms with Gasteiger partial charge in [0.1, 0.15) is 0 Å². The highest BCUT2D eigenvalue weighted by atomic mass is 16.3. The van der Waals surface area contributed by atoms with Crippen molar-refractivity contribution >= 4 is 0 Å². The second kappa shape index (κ2) is 5.79. The van der Waals surface area contributed by atoms with Gasteiger partial charge in [-0.1, -0.05) is 38.5 Å². The molecule has 0 aromatic rings. The Kier molecular flexibility index (Phi) is 4.68. The van der Waals surface area contributed by atoms with Crippen LogP contribution in [0.3, 0.4) is 0 Å². The number of aliphatic hydroxyl groups is 2. The Labute approximate surface area is 136 Å². The number of allylic oxidation sites excluding steroid dienone is 1. The van der Waals surface area contributed by atoms with Crippen LogP contribution in [0.5, 0.6) is 0 Å². The molecule has 0 aromatic carbocycles. The van der Waals surface area contributed by atoms with Gasteiger partial charge in [0.15, 0.2) is 0 Å². The zero-order chi connectivity index (χ0) is 16.8. The van der Waals surface area contributed by atoms with Gasteiger partial charge < -0.3 is 10.2 Å². The smallest absolute Gasteiger partial charge is 0.0797 e. The molecule has 2 heteroatoms. The Bertz CT molecular complexity index is 464. The minimum Gasteiger partial charge on any atom is -0.389 e. The summed E-state index contributed by atoms with van der Waals surface area (Å²) in [5, 5.41) is 20.6. The van der Waals surface area contributed by atoms with Gasteiger partial charge in [0, 0.05) is 0 Å². The SMILES string of the molecule is C=C[C@@](C)(O)CC[C@]1(C)[C@H](C)CC[C@]2(C)C(C)=C[C@@H](O)C[C@@H]12. The quantitative estimate of drug-likeness (QED) is 0.752. The van der Waals surface area contributed by atoms with Crippen LogP contribution in [0.15, 0.2) is 24.3 Å². The van der Waals surface area contributed by atoms with Crippen LogP contribution < -0.4 is 0 Å². The lowest BCUT2D eigenvalue weighted by Crippen LogP contribution is -2.52. The molecule has 2 nitrogen and oxygen atoms in total. The van der Waals surface area contributed by atoms with Gasteiger partial charge in [0.2, 0.25) is 0 Å². The Morgan fingerprint density at radius 1 is 1.45 bits per heavy atom. The average molecular weight is 306 g/mol. The van der Waals surface area contributed by atoms with E-state index in [0.29, 0.717) is 11.8 Å². The number of fused-ring (bicyclic) bond motifs is 1. The van der Waals surface area contributed by atoms with Crippen molar-refractivity contribution in [3.63, 3.8) is 0 Å². The maximum atomic E-state index is 10.3. The third-order valence-electron chi connectivity index (χ3n) is 7.22. The predicted octanol–water partition coefficient (Wildman–Crippen LogP) is 4.47. The molecule has 1 saturated carbocycles. The number of aliphatic hydroxyl groups excluding tert-OH is 1. The summed E-state index contributed by atoms with van der Waals surface area (Å²) in [6.07, 6.45) is 8.41. The maximum Gasteiger partial charge on any atom is 0.0797 e. The minimum atomic E-state index is -0.797. The van der Waals surface area contributed by atoms with Gasteiger partial charge in [0.05, 0.1) is 11.7 Å². The predicted molar refractivity (Wildman–Crippen MR) is 92.5 cm³/mol. The molecule has 0 spiro atoms. The maximum absolute atomic E-state index is 10.3. The van der Waals surface area contributed by atoms with E-state index in [1.54, 1.807) is 6.08 Å². The van der Waals surface area contributed by atoms with Crippen molar-refractivity contribution < 1.29 is 10.2 Å². The monoisotopic (exact) mass is 306 g/mol. The number of hydrogen-bond donors (Lipinski definition) is 2. The zero-order valence-corrected chi connectivity index (χ0v) is 15.0. The number of rotatable bonds is 4. The van der Waals surface area contributed by atoms with E-state index in [9.17, 15) is 10.2 Å². The molecule has 1 fully saturated rings. The Hall–Kier alpha value is -0.600. The van der Waals surface area contributed by atoms with Crippen LogP contribution in [-0.2, 0) is 0 Å². The normalized spacial score (nSPS) is 44.7. The molecule has 22 heavy (non-hydrogen) atoms. The average Bonchev–Trinajstić information content (AvgIpc) is 2.45. The fourth-order valence-electron chi connectivity index (χ4n) is 4.93. The summed E-state index contributed by atoms with van der Waals surface area (Å²) in [5.74, 6) is 1.09. The molecule has 2 aliphatic rings. The Morgan fingerprint density at radius 2 is 2.09 bits per heavy atom. The molecule has 0 radical (unpaired) electrons. The molecule has 0 amide bonds. The lowest BCUT2D eigenvalue weighted by molar-refractivity contribution is -0.0740. The van der Waals surface area contributed by atoms with E-state index in [0.717, 1.165) is 19.3 Å². The lowest BCUT2D eigenvalue weighted by atomic mass is 9.46. The summed E-state index contributed by atoms with van der Waals surface area (Å²) in [7, 11) is 0. The third kappa shape index (κ3) is 2.92. The molecule has 2 N–H and O–H groups in total. The van der Waals surface area contributed by atoms with Crippen LogP contribution in [-0.4, -0.2) is 21.9 Å². The molecule has 0 aromatic heterocycles. The van der Waals surface area contributed by atoms with Crippen molar-refractivity contribution in [2.45, 2.75) is 78.4 Å². The van der Waals surface area contributed by atoms with Gasteiger partial charge in [-0.3, -0.25) is 0 Å². The summed E-state index contributed by atoms with van der Waals surface area (Å²) >= 11 is 0. The second-order valence-corrected chi connectivity index (χ2v) is 8.63. The molecular weight excluding hydrogens is 272 g/mol. The summed E-state index contributed by atoms with van der Waals surface area (Å²) < 4.78 is 0. The van der Waals surface area contributed by atoms with Gasteiger partial charge >= 0.3 is 0 Å². The highest BCUT2D eigenvalue weighted by Crippen LogP contribution is 2.62. The minimum absolute atomic E-state index is 0.149. The summed E-state index contributed by atoms with van der Waals surface area (Å²) in [6, 6.07) is 0. The second-order valence-electron chi connectivity index (χ2n) is 8.63. The van der Waals surface area contributed by atoms with Crippen molar-refractivity contribution in [3.8, 4) is 0 Å². The van der Waals surface area contributed by atoms with E-state index in [1.165, 1.54) is 18.4 Å². The number of hydrogen-bond acceptors (Lipinski definition) is 2.